The summed E-state index contributed by atoms with van der Waals surface area (Å²) in [6, 6.07) is 5.58. The Kier molecular flexibility index (Phi) is 2.11. The molecule has 2 rings (SSSR count). The average molecular weight is 192 g/mol. The minimum absolute atomic E-state index is 0.593. The summed E-state index contributed by atoms with van der Waals surface area (Å²) in [6.45, 7) is 2.02. The SMILES string of the molecule is Cc1csc2c(B(O)O)cccc12. The van der Waals surface area contributed by atoms with Crippen LogP contribution in [-0.4, -0.2) is 17.2 Å². The molecule has 1 heterocycles. The molecule has 0 aliphatic rings. The van der Waals surface area contributed by atoms with Gasteiger partial charge in [-0.3, -0.25) is 0 Å². The lowest BCUT2D eigenvalue weighted by Gasteiger charge is -2.00. The molecule has 0 aliphatic carbocycles. The first kappa shape index (κ1) is 8.75. The minimum Gasteiger partial charge on any atom is -0.423 e. The molecule has 0 radical (unpaired) electrons. The Morgan fingerprint density at radius 2 is 2.08 bits per heavy atom. The molecule has 13 heavy (non-hydrogen) atoms. The van der Waals surface area contributed by atoms with E-state index in [4.69, 9.17) is 10.0 Å². The van der Waals surface area contributed by atoms with E-state index in [1.54, 1.807) is 17.4 Å². The van der Waals surface area contributed by atoms with E-state index < -0.39 is 7.12 Å². The van der Waals surface area contributed by atoms with Crippen molar-refractivity contribution in [1.29, 1.82) is 0 Å². The molecule has 0 unspecified atom stereocenters. The van der Waals surface area contributed by atoms with Crippen LogP contribution in [0, 0.1) is 6.92 Å². The van der Waals surface area contributed by atoms with Crippen molar-refractivity contribution in [2.75, 3.05) is 0 Å². The summed E-state index contributed by atoms with van der Waals surface area (Å²) in [5.74, 6) is 0. The molecule has 0 saturated carbocycles. The first-order valence-corrected chi connectivity index (χ1v) is 4.91. The Morgan fingerprint density at radius 1 is 1.31 bits per heavy atom. The lowest BCUT2D eigenvalue weighted by Crippen LogP contribution is -2.29. The van der Waals surface area contributed by atoms with Gasteiger partial charge in [-0.2, -0.15) is 0 Å². The highest BCUT2D eigenvalue weighted by atomic mass is 32.1. The highest BCUT2D eigenvalue weighted by molar-refractivity contribution is 7.18. The van der Waals surface area contributed by atoms with Crippen LogP contribution in [-0.2, 0) is 0 Å². The second kappa shape index (κ2) is 3.14. The summed E-state index contributed by atoms with van der Waals surface area (Å²) in [5.41, 5.74) is 1.78. The molecule has 0 atom stereocenters. The largest absolute Gasteiger partial charge is 0.489 e. The van der Waals surface area contributed by atoms with Gasteiger partial charge in [0.25, 0.3) is 0 Å². The highest BCUT2D eigenvalue weighted by Crippen LogP contribution is 2.23. The molecular formula is C9H9BO2S. The molecule has 66 valence electrons. The van der Waals surface area contributed by atoms with Crippen molar-refractivity contribution in [2.24, 2.45) is 0 Å². The Labute approximate surface area is 80.6 Å². The molecule has 0 spiro atoms. The second-order valence-electron chi connectivity index (χ2n) is 3.02. The number of rotatable bonds is 1. The van der Waals surface area contributed by atoms with E-state index in [-0.39, 0.29) is 0 Å². The molecular weight excluding hydrogens is 183 g/mol. The fourth-order valence-corrected chi connectivity index (χ4v) is 2.50. The molecule has 1 aromatic carbocycles. The fraction of sp³-hybridized carbons (Fsp3) is 0.111. The van der Waals surface area contributed by atoms with Gasteiger partial charge >= 0.3 is 7.12 Å². The zero-order valence-electron chi connectivity index (χ0n) is 7.19. The van der Waals surface area contributed by atoms with Crippen LogP contribution in [0.2, 0.25) is 0 Å². The zero-order valence-corrected chi connectivity index (χ0v) is 8.01. The van der Waals surface area contributed by atoms with E-state index in [2.05, 4.69) is 0 Å². The standard InChI is InChI=1S/C9H9BO2S/c1-6-5-13-9-7(6)3-2-4-8(9)10(11)12/h2-5,11-12H,1H3. The van der Waals surface area contributed by atoms with Crippen molar-refractivity contribution >= 4 is 34.0 Å². The van der Waals surface area contributed by atoms with E-state index in [0.29, 0.717) is 5.46 Å². The van der Waals surface area contributed by atoms with Crippen molar-refractivity contribution in [3.63, 3.8) is 0 Å². The molecule has 1 aromatic heterocycles. The van der Waals surface area contributed by atoms with Crippen molar-refractivity contribution in [3.8, 4) is 0 Å². The van der Waals surface area contributed by atoms with E-state index >= 15 is 0 Å². The molecule has 0 bridgehead atoms. The van der Waals surface area contributed by atoms with E-state index in [1.165, 1.54) is 5.56 Å². The minimum atomic E-state index is -1.37. The second-order valence-corrected chi connectivity index (χ2v) is 3.90. The molecule has 0 fully saturated rings. The number of hydrogen-bond donors (Lipinski definition) is 2. The third-order valence-corrected chi connectivity index (χ3v) is 3.26. The molecule has 0 saturated heterocycles. The van der Waals surface area contributed by atoms with Gasteiger partial charge in [0.1, 0.15) is 0 Å². The summed E-state index contributed by atoms with van der Waals surface area (Å²) in [5, 5.41) is 21.3. The number of fused-ring (bicyclic) bond motifs is 1. The summed E-state index contributed by atoms with van der Waals surface area (Å²) < 4.78 is 0.968. The topological polar surface area (TPSA) is 40.5 Å². The van der Waals surface area contributed by atoms with Gasteiger partial charge in [0.05, 0.1) is 0 Å². The lowest BCUT2D eigenvalue weighted by atomic mass is 9.80. The van der Waals surface area contributed by atoms with Crippen LogP contribution < -0.4 is 5.46 Å². The maximum Gasteiger partial charge on any atom is 0.489 e. The summed E-state index contributed by atoms with van der Waals surface area (Å²) in [4.78, 5) is 0. The molecule has 0 aliphatic heterocycles. The molecule has 4 heteroatoms. The molecule has 2 N–H and O–H groups in total. The summed E-state index contributed by atoms with van der Waals surface area (Å²) in [6.07, 6.45) is 0. The monoisotopic (exact) mass is 192 g/mol. The lowest BCUT2D eigenvalue weighted by molar-refractivity contribution is 0.426. The van der Waals surface area contributed by atoms with Crippen molar-refractivity contribution < 1.29 is 10.0 Å². The number of thiophene rings is 1. The first-order valence-electron chi connectivity index (χ1n) is 4.03. The normalized spacial score (nSPS) is 10.7. The van der Waals surface area contributed by atoms with Crippen LogP contribution in [0.3, 0.4) is 0 Å². The van der Waals surface area contributed by atoms with Crippen LogP contribution >= 0.6 is 11.3 Å². The fourth-order valence-electron chi connectivity index (χ4n) is 1.41. The Morgan fingerprint density at radius 3 is 2.77 bits per heavy atom. The molecule has 2 aromatic rings. The van der Waals surface area contributed by atoms with Gasteiger partial charge in [-0.25, -0.2) is 0 Å². The molecule has 2 nitrogen and oxygen atoms in total. The summed E-state index contributed by atoms with van der Waals surface area (Å²) >= 11 is 1.55. The Bertz CT molecular complexity index is 436. The number of benzene rings is 1. The van der Waals surface area contributed by atoms with Gasteiger partial charge in [-0.15, -0.1) is 11.3 Å². The van der Waals surface area contributed by atoms with Gasteiger partial charge in [0.2, 0.25) is 0 Å². The van der Waals surface area contributed by atoms with Crippen LogP contribution in [0.4, 0.5) is 0 Å². The predicted octanol–water partition coefficient (Wildman–Crippen LogP) is 0.890. The first-order chi connectivity index (χ1) is 6.20. The maximum absolute atomic E-state index is 9.09. The van der Waals surface area contributed by atoms with Crippen molar-refractivity contribution in [1.82, 2.24) is 0 Å². The number of hydrogen-bond acceptors (Lipinski definition) is 3. The van der Waals surface area contributed by atoms with E-state index in [1.807, 2.05) is 24.4 Å². The van der Waals surface area contributed by atoms with Gasteiger partial charge in [-0.05, 0) is 28.7 Å². The van der Waals surface area contributed by atoms with Crippen LogP contribution in [0.5, 0.6) is 0 Å². The average Bonchev–Trinajstić information content (AvgIpc) is 2.48. The smallest absolute Gasteiger partial charge is 0.423 e. The van der Waals surface area contributed by atoms with Gasteiger partial charge < -0.3 is 10.0 Å². The van der Waals surface area contributed by atoms with Gasteiger partial charge in [0.15, 0.2) is 0 Å². The highest BCUT2D eigenvalue weighted by Gasteiger charge is 2.15. The zero-order chi connectivity index (χ0) is 9.42. The predicted molar refractivity (Wildman–Crippen MR) is 56.4 cm³/mol. The third kappa shape index (κ3) is 1.37. The summed E-state index contributed by atoms with van der Waals surface area (Å²) in [7, 11) is -1.37. The van der Waals surface area contributed by atoms with E-state index in [9.17, 15) is 0 Å². The third-order valence-electron chi connectivity index (χ3n) is 2.10. The Balaban J connectivity index is 2.77. The van der Waals surface area contributed by atoms with E-state index in [0.717, 1.165) is 10.1 Å². The molecule has 0 amide bonds. The van der Waals surface area contributed by atoms with Crippen LogP contribution in [0.25, 0.3) is 10.1 Å². The maximum atomic E-state index is 9.09. The van der Waals surface area contributed by atoms with Gasteiger partial charge in [-0.1, -0.05) is 18.2 Å². The van der Waals surface area contributed by atoms with Crippen LogP contribution in [0.1, 0.15) is 5.56 Å². The van der Waals surface area contributed by atoms with Crippen molar-refractivity contribution in [3.05, 3.63) is 29.1 Å². The van der Waals surface area contributed by atoms with Crippen molar-refractivity contribution in [2.45, 2.75) is 6.92 Å². The Hall–Kier alpha value is -0.835. The quantitative estimate of drug-likeness (QED) is 0.658. The number of aryl methyl sites for hydroxylation is 1. The van der Waals surface area contributed by atoms with Crippen LogP contribution in [0.15, 0.2) is 23.6 Å². The van der Waals surface area contributed by atoms with Gasteiger partial charge in [0, 0.05) is 4.70 Å².